The largest absolute Gasteiger partial charge is 0.357 e. The maximum absolute atomic E-state index is 12.7. The summed E-state index contributed by atoms with van der Waals surface area (Å²) in [6, 6.07) is 0. The third kappa shape index (κ3) is 3.93. The summed E-state index contributed by atoms with van der Waals surface area (Å²) in [7, 11) is 0. The Morgan fingerprint density at radius 2 is 1.90 bits per heavy atom. The second-order valence-electron chi connectivity index (χ2n) is 8.15. The van der Waals surface area contributed by atoms with Crippen molar-refractivity contribution in [3.05, 3.63) is 30.1 Å². The first-order valence-corrected chi connectivity index (χ1v) is 10.6. The van der Waals surface area contributed by atoms with Crippen LogP contribution in [0.15, 0.2) is 29.5 Å². The van der Waals surface area contributed by atoms with E-state index in [0.29, 0.717) is 25.6 Å². The molecule has 29 heavy (non-hydrogen) atoms. The summed E-state index contributed by atoms with van der Waals surface area (Å²) in [6.45, 7) is 7.19. The molecule has 4 unspecified atom stereocenters. The fraction of sp³-hybridized carbons (Fsp3) is 0.619. The van der Waals surface area contributed by atoms with E-state index in [0.717, 1.165) is 31.5 Å². The first-order valence-electron chi connectivity index (χ1n) is 10.6. The number of imide groups is 1. The van der Waals surface area contributed by atoms with Crippen molar-refractivity contribution in [3.8, 4) is 0 Å². The summed E-state index contributed by atoms with van der Waals surface area (Å²) in [5, 5.41) is 10.7. The fourth-order valence-electron chi connectivity index (χ4n) is 4.83. The van der Waals surface area contributed by atoms with E-state index in [-0.39, 0.29) is 35.5 Å². The summed E-state index contributed by atoms with van der Waals surface area (Å²) in [6.07, 6.45) is 9.98. The molecular formula is C21H30N6O2. The van der Waals surface area contributed by atoms with E-state index in [1.807, 2.05) is 30.9 Å². The average Bonchev–Trinajstić information content (AvgIpc) is 3.46. The molecular weight excluding hydrogens is 368 g/mol. The molecule has 2 N–H and O–H groups in total. The highest BCUT2D eigenvalue weighted by Crippen LogP contribution is 2.52. The Bertz CT molecular complexity index is 799. The molecule has 8 heteroatoms. The number of fused-ring (bicyclic) bond motifs is 5. The molecule has 4 atom stereocenters. The maximum Gasteiger partial charge on any atom is 0.233 e. The number of carbonyl (C=O) groups is 2. The van der Waals surface area contributed by atoms with Crippen LogP contribution in [0.3, 0.4) is 0 Å². The van der Waals surface area contributed by atoms with Crippen molar-refractivity contribution in [2.75, 3.05) is 26.2 Å². The van der Waals surface area contributed by atoms with E-state index >= 15 is 0 Å². The summed E-state index contributed by atoms with van der Waals surface area (Å²) >= 11 is 0. The predicted molar refractivity (Wildman–Crippen MR) is 110 cm³/mol. The summed E-state index contributed by atoms with van der Waals surface area (Å²) in [4.78, 5) is 31.5. The van der Waals surface area contributed by atoms with Crippen molar-refractivity contribution in [1.29, 1.82) is 0 Å². The van der Waals surface area contributed by atoms with Gasteiger partial charge in [-0.25, -0.2) is 0 Å². The first-order chi connectivity index (χ1) is 14.1. The first kappa shape index (κ1) is 19.7. The zero-order valence-corrected chi connectivity index (χ0v) is 17.2. The number of aryl methyl sites for hydroxylation is 2. The van der Waals surface area contributed by atoms with Gasteiger partial charge in [-0.15, -0.1) is 0 Å². The minimum atomic E-state index is -0.120. The lowest BCUT2D eigenvalue weighted by molar-refractivity contribution is -0.140. The number of nitrogens with zero attached hydrogens (tertiary/aromatic N) is 4. The third-order valence-corrected chi connectivity index (χ3v) is 6.11. The summed E-state index contributed by atoms with van der Waals surface area (Å²) in [5.74, 6) is 1.01. The lowest BCUT2D eigenvalue weighted by Gasteiger charge is -2.18. The van der Waals surface area contributed by atoms with Crippen molar-refractivity contribution in [1.82, 2.24) is 25.3 Å². The van der Waals surface area contributed by atoms with E-state index < -0.39 is 0 Å². The highest BCUT2D eigenvalue weighted by molar-refractivity contribution is 6.06. The molecule has 2 aliphatic carbocycles. The van der Waals surface area contributed by atoms with E-state index in [9.17, 15) is 9.59 Å². The number of rotatable bonds is 8. The number of guanidine groups is 1. The molecule has 1 aliphatic heterocycles. The van der Waals surface area contributed by atoms with Gasteiger partial charge in [-0.05, 0) is 44.1 Å². The van der Waals surface area contributed by atoms with Gasteiger partial charge in [0.25, 0.3) is 0 Å². The fourth-order valence-corrected chi connectivity index (χ4v) is 4.83. The zero-order valence-electron chi connectivity index (χ0n) is 17.2. The molecule has 1 aromatic rings. The molecule has 2 heterocycles. The molecule has 8 nitrogen and oxygen atoms in total. The number of carbonyl (C=O) groups excluding carboxylic acids is 2. The summed E-state index contributed by atoms with van der Waals surface area (Å²) < 4.78 is 1.93. The van der Waals surface area contributed by atoms with Crippen LogP contribution in [0.2, 0.25) is 0 Å². The summed E-state index contributed by atoms with van der Waals surface area (Å²) in [5.41, 5.74) is 1.16. The highest BCUT2D eigenvalue weighted by atomic mass is 16.2. The Morgan fingerprint density at radius 3 is 2.52 bits per heavy atom. The van der Waals surface area contributed by atoms with Crippen LogP contribution in [0.25, 0.3) is 0 Å². The Kier molecular flexibility index (Phi) is 5.69. The van der Waals surface area contributed by atoms with Crippen molar-refractivity contribution in [3.63, 3.8) is 0 Å². The van der Waals surface area contributed by atoms with Crippen LogP contribution >= 0.6 is 0 Å². The van der Waals surface area contributed by atoms with E-state index in [1.165, 1.54) is 4.90 Å². The van der Waals surface area contributed by atoms with Gasteiger partial charge in [-0.2, -0.15) is 5.10 Å². The second-order valence-corrected chi connectivity index (χ2v) is 8.15. The van der Waals surface area contributed by atoms with Gasteiger partial charge in [0.1, 0.15) is 0 Å². The number of aliphatic imine (C=N–C) groups is 1. The van der Waals surface area contributed by atoms with Crippen molar-refractivity contribution in [2.24, 2.45) is 28.7 Å². The van der Waals surface area contributed by atoms with E-state index in [4.69, 9.17) is 0 Å². The Hall–Kier alpha value is -2.64. The lowest BCUT2D eigenvalue weighted by atomic mass is 9.85. The predicted octanol–water partition coefficient (Wildman–Crippen LogP) is 0.944. The molecule has 156 valence electrons. The quantitative estimate of drug-likeness (QED) is 0.224. The second kappa shape index (κ2) is 8.39. The number of aromatic nitrogens is 2. The van der Waals surface area contributed by atoms with Gasteiger partial charge in [0, 0.05) is 38.9 Å². The monoisotopic (exact) mass is 398 g/mol. The molecule has 2 amide bonds. The molecule has 0 spiro atoms. The normalized spacial score (nSPS) is 27.8. The molecule has 1 saturated carbocycles. The third-order valence-electron chi connectivity index (χ3n) is 6.11. The molecule has 0 aromatic carbocycles. The Balaban J connectivity index is 1.24. The average molecular weight is 399 g/mol. The smallest absolute Gasteiger partial charge is 0.233 e. The van der Waals surface area contributed by atoms with Crippen molar-refractivity contribution >= 4 is 17.8 Å². The Labute approximate surface area is 171 Å². The molecule has 2 fully saturated rings. The van der Waals surface area contributed by atoms with Crippen LogP contribution in [0, 0.1) is 30.6 Å². The number of hydrogen-bond acceptors (Lipinski definition) is 4. The molecule has 1 aromatic heterocycles. The van der Waals surface area contributed by atoms with Crippen molar-refractivity contribution < 1.29 is 9.59 Å². The number of amides is 2. The number of allylic oxidation sites excluding steroid dienone is 2. The van der Waals surface area contributed by atoms with Gasteiger partial charge in [0.15, 0.2) is 5.96 Å². The molecule has 2 bridgehead atoms. The van der Waals surface area contributed by atoms with Crippen LogP contribution in [0.5, 0.6) is 0 Å². The van der Waals surface area contributed by atoms with Gasteiger partial charge >= 0.3 is 0 Å². The standard InChI is InChI=1S/C21H30N6O2/c1-3-22-21(23-7-4-9-26-13-14(2)12-25-26)24-8-10-27-19(28)17-15-5-6-16(11-15)18(17)20(27)29/h5-6,12-13,15-18H,3-4,7-11H2,1-2H3,(H2,22,23,24). The highest BCUT2D eigenvalue weighted by Gasteiger charge is 2.58. The van der Waals surface area contributed by atoms with Crippen LogP contribution in [0.4, 0.5) is 0 Å². The van der Waals surface area contributed by atoms with Gasteiger partial charge in [-0.3, -0.25) is 24.2 Å². The van der Waals surface area contributed by atoms with E-state index in [1.54, 1.807) is 0 Å². The minimum Gasteiger partial charge on any atom is -0.357 e. The number of likely N-dealkylation sites (tertiary alicyclic amines) is 1. The van der Waals surface area contributed by atoms with Gasteiger partial charge in [-0.1, -0.05) is 12.2 Å². The van der Waals surface area contributed by atoms with Gasteiger partial charge in [0.2, 0.25) is 11.8 Å². The van der Waals surface area contributed by atoms with Crippen LogP contribution in [-0.4, -0.2) is 58.6 Å². The molecule has 4 rings (SSSR count). The molecule has 1 saturated heterocycles. The SMILES string of the molecule is CCNC(=NCCCn1cc(C)cn1)NCCN1C(=O)C2C3C=CC(C3)C2C1=O. The Morgan fingerprint density at radius 1 is 1.17 bits per heavy atom. The number of nitrogens with one attached hydrogen (secondary N) is 2. The minimum absolute atomic E-state index is 0.00936. The zero-order chi connectivity index (χ0) is 20.4. The van der Waals surface area contributed by atoms with E-state index in [2.05, 4.69) is 32.9 Å². The van der Waals surface area contributed by atoms with Crippen molar-refractivity contribution in [2.45, 2.75) is 33.2 Å². The van der Waals surface area contributed by atoms with Gasteiger partial charge in [0.05, 0.1) is 18.0 Å². The van der Waals surface area contributed by atoms with Crippen LogP contribution < -0.4 is 10.6 Å². The lowest BCUT2D eigenvalue weighted by Crippen LogP contribution is -2.43. The molecule has 0 radical (unpaired) electrons. The van der Waals surface area contributed by atoms with Crippen LogP contribution in [-0.2, 0) is 16.1 Å². The van der Waals surface area contributed by atoms with Crippen LogP contribution in [0.1, 0.15) is 25.3 Å². The van der Waals surface area contributed by atoms with Gasteiger partial charge < -0.3 is 10.6 Å². The topological polar surface area (TPSA) is 91.6 Å². The maximum atomic E-state index is 12.7. The number of hydrogen-bond donors (Lipinski definition) is 2. The molecule has 3 aliphatic rings.